The van der Waals surface area contributed by atoms with Gasteiger partial charge >= 0.3 is 5.97 Å². The van der Waals surface area contributed by atoms with Gasteiger partial charge < -0.3 is 19.4 Å². The van der Waals surface area contributed by atoms with Crippen molar-refractivity contribution in [2.45, 2.75) is 25.0 Å². The first-order valence-electron chi connectivity index (χ1n) is 9.28. The first kappa shape index (κ1) is 20.2. The Kier molecular flexibility index (Phi) is 4.70. The summed E-state index contributed by atoms with van der Waals surface area (Å²) in [5.74, 6) is -1.11. The summed E-state index contributed by atoms with van der Waals surface area (Å²) in [6.07, 6.45) is 0.581. The number of carbonyl (C=O) groups excluding carboxylic acids is 1. The number of carbonyl (C=O) groups is 2. The lowest BCUT2D eigenvalue weighted by Gasteiger charge is -2.27. The highest BCUT2D eigenvalue weighted by atomic mass is 32.2. The number of nitrogens with zero attached hydrogens (tertiary/aromatic N) is 2. The molecule has 158 valence electrons. The summed E-state index contributed by atoms with van der Waals surface area (Å²) in [6, 6.07) is 6.13. The molecule has 0 unspecified atom stereocenters. The van der Waals surface area contributed by atoms with Crippen molar-refractivity contribution in [1.82, 2.24) is 14.2 Å². The first-order valence-corrected chi connectivity index (χ1v) is 10.7. The number of hydrogen-bond acceptors (Lipinski definition) is 5. The number of nitrogens with one attached hydrogen (secondary N) is 1. The molecule has 2 aromatic heterocycles. The van der Waals surface area contributed by atoms with E-state index in [1.54, 1.807) is 24.0 Å². The predicted molar refractivity (Wildman–Crippen MR) is 108 cm³/mol. The van der Waals surface area contributed by atoms with Crippen LogP contribution >= 0.6 is 0 Å². The highest BCUT2D eigenvalue weighted by molar-refractivity contribution is 7.88. The van der Waals surface area contributed by atoms with Crippen LogP contribution in [0.1, 0.15) is 37.7 Å². The molecule has 2 N–H and O–H groups in total. The number of aromatic nitrogens is 1. The summed E-state index contributed by atoms with van der Waals surface area (Å²) in [4.78, 5) is 29.4. The second-order valence-corrected chi connectivity index (χ2v) is 9.53. The Morgan fingerprint density at radius 1 is 1.23 bits per heavy atom. The number of carboxylic acid groups (broad SMARTS) is 1. The molecular weight excluding hydrogens is 410 g/mol. The molecule has 10 heteroatoms. The molecule has 3 heterocycles. The van der Waals surface area contributed by atoms with Gasteiger partial charge in [-0.15, -0.1) is 0 Å². The Morgan fingerprint density at radius 2 is 1.97 bits per heavy atom. The molecule has 0 aliphatic carbocycles. The molecule has 0 bridgehead atoms. The summed E-state index contributed by atoms with van der Waals surface area (Å²) in [5, 5.41) is 9.77. The van der Waals surface area contributed by atoms with Crippen LogP contribution in [0.5, 0.6) is 0 Å². The van der Waals surface area contributed by atoms with E-state index in [0.29, 0.717) is 13.0 Å². The molecular formula is C20H21N3O6S. The zero-order valence-electron chi connectivity index (χ0n) is 16.7. The Bertz CT molecular complexity index is 1290. The van der Waals surface area contributed by atoms with Crippen molar-refractivity contribution in [3.8, 4) is 0 Å². The van der Waals surface area contributed by atoms with E-state index in [0.717, 1.165) is 26.5 Å². The molecule has 4 rings (SSSR count). The zero-order valence-corrected chi connectivity index (χ0v) is 17.5. The van der Waals surface area contributed by atoms with Crippen LogP contribution < -0.4 is 0 Å². The third kappa shape index (κ3) is 3.17. The first-order chi connectivity index (χ1) is 14.1. The molecule has 0 atom stereocenters. The number of furan rings is 1. The van der Waals surface area contributed by atoms with Crippen LogP contribution in [-0.4, -0.2) is 60.2 Å². The van der Waals surface area contributed by atoms with E-state index in [2.05, 4.69) is 4.98 Å². The third-order valence-corrected chi connectivity index (χ3v) is 7.04. The quantitative estimate of drug-likeness (QED) is 0.653. The molecule has 1 amide bonds. The van der Waals surface area contributed by atoms with Gasteiger partial charge in [-0.05, 0) is 25.1 Å². The maximum atomic E-state index is 13.1. The van der Waals surface area contributed by atoms with E-state index < -0.39 is 16.0 Å². The van der Waals surface area contributed by atoms with Gasteiger partial charge in [0.25, 0.3) is 15.9 Å². The SMILES string of the molecule is Cc1oc(S(=O)(=O)N(C)C)cc1C(=O)N1CCc2[nH]c3ccc(C(=O)O)cc3c2C1. The van der Waals surface area contributed by atoms with Gasteiger partial charge in [0.2, 0.25) is 5.09 Å². The standard InChI is InChI=1S/C20H21N3O6S/c1-11-13(9-18(29-11)30(27,28)22(2)3)19(24)23-7-6-17-15(10-23)14-8-12(20(25)26)4-5-16(14)21-17/h4-5,8-9,21H,6-7,10H2,1-3H3,(H,25,26). The van der Waals surface area contributed by atoms with Crippen molar-refractivity contribution < 1.29 is 27.5 Å². The molecule has 0 radical (unpaired) electrons. The van der Waals surface area contributed by atoms with Crippen molar-refractivity contribution in [2.24, 2.45) is 0 Å². The lowest BCUT2D eigenvalue weighted by Crippen LogP contribution is -2.35. The highest BCUT2D eigenvalue weighted by Crippen LogP contribution is 2.30. The largest absolute Gasteiger partial charge is 0.478 e. The molecule has 1 aliphatic rings. The fourth-order valence-corrected chi connectivity index (χ4v) is 4.52. The maximum absolute atomic E-state index is 13.1. The van der Waals surface area contributed by atoms with Gasteiger partial charge in [0, 0.05) is 61.8 Å². The average Bonchev–Trinajstić information content (AvgIpc) is 3.27. The second-order valence-electron chi connectivity index (χ2n) is 7.45. The van der Waals surface area contributed by atoms with Gasteiger partial charge in [-0.3, -0.25) is 4.79 Å². The van der Waals surface area contributed by atoms with E-state index in [1.165, 1.54) is 26.2 Å². The lowest BCUT2D eigenvalue weighted by molar-refractivity contribution is 0.0694. The van der Waals surface area contributed by atoms with Crippen molar-refractivity contribution in [2.75, 3.05) is 20.6 Å². The Labute approximate surface area is 172 Å². The number of sulfonamides is 1. The van der Waals surface area contributed by atoms with Gasteiger partial charge in [0.1, 0.15) is 5.76 Å². The number of aryl methyl sites for hydroxylation is 1. The molecule has 0 saturated carbocycles. The number of fused-ring (bicyclic) bond motifs is 3. The summed E-state index contributed by atoms with van der Waals surface area (Å²) in [6.45, 7) is 2.30. The number of H-pyrrole nitrogens is 1. The van der Waals surface area contributed by atoms with Crippen LogP contribution in [0.15, 0.2) is 33.8 Å². The Morgan fingerprint density at radius 3 is 2.63 bits per heavy atom. The minimum absolute atomic E-state index is 0.178. The van der Waals surface area contributed by atoms with Crippen molar-refractivity contribution in [3.05, 3.63) is 52.4 Å². The monoisotopic (exact) mass is 431 g/mol. The second kappa shape index (κ2) is 6.99. The van der Waals surface area contributed by atoms with Crippen LogP contribution in [0.4, 0.5) is 0 Å². The van der Waals surface area contributed by atoms with Gasteiger partial charge in [-0.1, -0.05) is 0 Å². The van der Waals surface area contributed by atoms with Gasteiger partial charge in [-0.25, -0.2) is 17.5 Å². The van der Waals surface area contributed by atoms with Gasteiger partial charge in [-0.2, -0.15) is 0 Å². The van der Waals surface area contributed by atoms with E-state index in [-0.39, 0.29) is 34.4 Å². The highest BCUT2D eigenvalue weighted by Gasteiger charge is 2.30. The minimum atomic E-state index is -3.79. The predicted octanol–water partition coefficient (Wildman–Crippen LogP) is 2.22. The third-order valence-electron chi connectivity index (χ3n) is 5.37. The van der Waals surface area contributed by atoms with Crippen molar-refractivity contribution in [1.29, 1.82) is 0 Å². The molecule has 0 spiro atoms. The normalized spacial score (nSPS) is 14.3. The molecule has 30 heavy (non-hydrogen) atoms. The molecule has 3 aromatic rings. The van der Waals surface area contributed by atoms with Crippen LogP contribution in [0.2, 0.25) is 0 Å². The van der Waals surface area contributed by atoms with Gasteiger partial charge in [0.05, 0.1) is 11.1 Å². The van der Waals surface area contributed by atoms with Crippen LogP contribution in [-0.2, 0) is 23.0 Å². The summed E-state index contributed by atoms with van der Waals surface area (Å²) >= 11 is 0. The summed E-state index contributed by atoms with van der Waals surface area (Å²) < 4.78 is 31.0. The van der Waals surface area contributed by atoms with Crippen molar-refractivity contribution >= 4 is 32.8 Å². The summed E-state index contributed by atoms with van der Waals surface area (Å²) in [7, 11) is -1.00. The lowest BCUT2D eigenvalue weighted by atomic mass is 10.0. The number of aromatic amines is 1. The molecule has 1 aromatic carbocycles. The van der Waals surface area contributed by atoms with E-state index >= 15 is 0 Å². The van der Waals surface area contributed by atoms with E-state index in [1.807, 2.05) is 0 Å². The number of aromatic carboxylic acids is 1. The molecule has 0 fully saturated rings. The fourth-order valence-electron chi connectivity index (χ4n) is 3.67. The van der Waals surface area contributed by atoms with Crippen LogP contribution in [0, 0.1) is 6.92 Å². The van der Waals surface area contributed by atoms with Gasteiger partial charge in [0.15, 0.2) is 0 Å². The number of hydrogen-bond donors (Lipinski definition) is 2. The minimum Gasteiger partial charge on any atom is -0.478 e. The zero-order chi connectivity index (χ0) is 21.8. The molecule has 0 saturated heterocycles. The number of amides is 1. The van der Waals surface area contributed by atoms with Crippen LogP contribution in [0.3, 0.4) is 0 Å². The Balaban J connectivity index is 1.67. The topological polar surface area (TPSA) is 124 Å². The van der Waals surface area contributed by atoms with E-state index in [4.69, 9.17) is 4.42 Å². The fraction of sp³-hybridized carbons (Fsp3) is 0.300. The molecule has 1 aliphatic heterocycles. The maximum Gasteiger partial charge on any atom is 0.335 e. The number of rotatable bonds is 4. The summed E-state index contributed by atoms with van der Waals surface area (Å²) in [5.41, 5.74) is 3.03. The number of benzene rings is 1. The van der Waals surface area contributed by atoms with Crippen LogP contribution in [0.25, 0.3) is 10.9 Å². The number of carboxylic acids is 1. The van der Waals surface area contributed by atoms with E-state index in [9.17, 15) is 23.1 Å². The smallest absolute Gasteiger partial charge is 0.335 e. The molecule has 9 nitrogen and oxygen atoms in total. The Hall–Kier alpha value is -3.11. The average molecular weight is 431 g/mol. The van der Waals surface area contributed by atoms with Crippen molar-refractivity contribution in [3.63, 3.8) is 0 Å².